The van der Waals surface area contributed by atoms with Crippen LogP contribution >= 0.6 is 0 Å². The Bertz CT molecular complexity index is 403. The SMILES string of the molecule is CCNc1nccc(NCC(=O)N2CCCC2)n1. The molecule has 2 N–H and O–H groups in total. The summed E-state index contributed by atoms with van der Waals surface area (Å²) in [6.45, 7) is 4.82. The lowest BCUT2D eigenvalue weighted by Crippen LogP contribution is -2.33. The van der Waals surface area contributed by atoms with E-state index in [1.165, 1.54) is 0 Å². The number of rotatable bonds is 5. The fraction of sp³-hybridized carbons (Fsp3) is 0.583. The van der Waals surface area contributed by atoms with E-state index < -0.39 is 0 Å². The second-order valence-corrected chi connectivity index (χ2v) is 4.24. The van der Waals surface area contributed by atoms with Crippen LogP contribution in [0.5, 0.6) is 0 Å². The van der Waals surface area contributed by atoms with Gasteiger partial charge in [-0.15, -0.1) is 0 Å². The molecule has 6 heteroatoms. The van der Waals surface area contributed by atoms with Gasteiger partial charge in [0.1, 0.15) is 5.82 Å². The smallest absolute Gasteiger partial charge is 0.241 e. The average molecular weight is 249 g/mol. The minimum atomic E-state index is 0.135. The third-order valence-corrected chi connectivity index (χ3v) is 2.87. The molecule has 0 unspecified atom stereocenters. The van der Waals surface area contributed by atoms with Crippen LogP contribution in [0.2, 0.25) is 0 Å². The first-order valence-electron chi connectivity index (χ1n) is 6.38. The summed E-state index contributed by atoms with van der Waals surface area (Å²) >= 11 is 0. The van der Waals surface area contributed by atoms with Crippen LogP contribution in [0.1, 0.15) is 19.8 Å². The van der Waals surface area contributed by atoms with E-state index >= 15 is 0 Å². The Morgan fingerprint density at radius 1 is 1.39 bits per heavy atom. The molecule has 2 rings (SSSR count). The van der Waals surface area contributed by atoms with Crippen molar-refractivity contribution < 1.29 is 4.79 Å². The molecule has 0 aromatic carbocycles. The maximum absolute atomic E-state index is 11.8. The van der Waals surface area contributed by atoms with Crippen molar-refractivity contribution >= 4 is 17.7 Å². The fourth-order valence-electron chi connectivity index (χ4n) is 1.94. The summed E-state index contributed by atoms with van der Waals surface area (Å²) in [4.78, 5) is 22.1. The number of likely N-dealkylation sites (tertiary alicyclic amines) is 1. The number of carbonyl (C=O) groups is 1. The molecule has 0 saturated carbocycles. The van der Waals surface area contributed by atoms with Crippen LogP contribution in [-0.4, -0.2) is 47.0 Å². The van der Waals surface area contributed by atoms with Gasteiger partial charge in [0, 0.05) is 25.8 Å². The van der Waals surface area contributed by atoms with Gasteiger partial charge in [0.15, 0.2) is 0 Å². The van der Waals surface area contributed by atoms with Gasteiger partial charge in [0.05, 0.1) is 6.54 Å². The van der Waals surface area contributed by atoms with Crippen molar-refractivity contribution in [2.45, 2.75) is 19.8 Å². The van der Waals surface area contributed by atoms with E-state index in [2.05, 4.69) is 20.6 Å². The number of carbonyl (C=O) groups excluding carboxylic acids is 1. The lowest BCUT2D eigenvalue weighted by atomic mass is 10.4. The molecular weight excluding hydrogens is 230 g/mol. The first-order chi connectivity index (χ1) is 8.79. The van der Waals surface area contributed by atoms with Gasteiger partial charge in [0.25, 0.3) is 0 Å². The number of nitrogens with zero attached hydrogens (tertiary/aromatic N) is 3. The van der Waals surface area contributed by atoms with Crippen molar-refractivity contribution in [1.82, 2.24) is 14.9 Å². The number of amides is 1. The molecular formula is C12H19N5O. The van der Waals surface area contributed by atoms with Crippen LogP contribution in [0.3, 0.4) is 0 Å². The Morgan fingerprint density at radius 2 is 2.17 bits per heavy atom. The molecule has 0 aliphatic carbocycles. The Labute approximate surface area is 107 Å². The molecule has 1 aromatic rings. The van der Waals surface area contributed by atoms with Gasteiger partial charge < -0.3 is 15.5 Å². The normalized spacial score (nSPS) is 14.6. The molecule has 1 amide bonds. The molecule has 1 saturated heterocycles. The largest absolute Gasteiger partial charge is 0.361 e. The predicted octanol–water partition coefficient (Wildman–Crippen LogP) is 0.943. The molecule has 0 bridgehead atoms. The number of hydrogen-bond acceptors (Lipinski definition) is 5. The third kappa shape index (κ3) is 3.32. The Balaban J connectivity index is 1.85. The third-order valence-electron chi connectivity index (χ3n) is 2.87. The van der Waals surface area contributed by atoms with E-state index in [1.54, 1.807) is 12.3 Å². The molecule has 0 radical (unpaired) electrons. The molecule has 1 aromatic heterocycles. The average Bonchev–Trinajstić information content (AvgIpc) is 2.91. The lowest BCUT2D eigenvalue weighted by molar-refractivity contribution is -0.128. The lowest BCUT2D eigenvalue weighted by Gasteiger charge is -2.15. The van der Waals surface area contributed by atoms with Crippen LogP contribution in [0.4, 0.5) is 11.8 Å². The van der Waals surface area contributed by atoms with Crippen molar-refractivity contribution in [2.75, 3.05) is 36.8 Å². The van der Waals surface area contributed by atoms with Crippen molar-refractivity contribution in [1.29, 1.82) is 0 Å². The van der Waals surface area contributed by atoms with Crippen LogP contribution in [0.25, 0.3) is 0 Å². The zero-order valence-corrected chi connectivity index (χ0v) is 10.6. The van der Waals surface area contributed by atoms with Crippen LogP contribution in [0.15, 0.2) is 12.3 Å². The summed E-state index contributed by atoms with van der Waals surface area (Å²) in [6.07, 6.45) is 3.90. The summed E-state index contributed by atoms with van der Waals surface area (Å²) in [5, 5.41) is 6.07. The van der Waals surface area contributed by atoms with Crippen LogP contribution in [0, 0.1) is 0 Å². The maximum atomic E-state index is 11.8. The fourth-order valence-corrected chi connectivity index (χ4v) is 1.94. The highest BCUT2D eigenvalue weighted by Crippen LogP contribution is 2.09. The Morgan fingerprint density at radius 3 is 2.89 bits per heavy atom. The highest BCUT2D eigenvalue weighted by Gasteiger charge is 2.17. The molecule has 0 atom stereocenters. The van der Waals surface area contributed by atoms with Gasteiger partial charge in [-0.1, -0.05) is 0 Å². The van der Waals surface area contributed by atoms with Gasteiger partial charge in [-0.2, -0.15) is 4.98 Å². The molecule has 2 heterocycles. The molecule has 6 nitrogen and oxygen atoms in total. The van der Waals surface area contributed by atoms with E-state index in [0.717, 1.165) is 32.5 Å². The van der Waals surface area contributed by atoms with Gasteiger partial charge >= 0.3 is 0 Å². The second-order valence-electron chi connectivity index (χ2n) is 4.24. The number of hydrogen-bond donors (Lipinski definition) is 2. The van der Waals surface area contributed by atoms with E-state index in [9.17, 15) is 4.79 Å². The summed E-state index contributed by atoms with van der Waals surface area (Å²) in [7, 11) is 0. The quantitative estimate of drug-likeness (QED) is 0.813. The number of aromatic nitrogens is 2. The summed E-state index contributed by atoms with van der Waals surface area (Å²) in [6, 6.07) is 1.76. The first-order valence-corrected chi connectivity index (χ1v) is 6.38. The number of nitrogens with one attached hydrogen (secondary N) is 2. The maximum Gasteiger partial charge on any atom is 0.241 e. The monoisotopic (exact) mass is 249 g/mol. The highest BCUT2D eigenvalue weighted by atomic mass is 16.2. The molecule has 1 aliphatic rings. The van der Waals surface area contributed by atoms with Gasteiger partial charge in [0.2, 0.25) is 11.9 Å². The van der Waals surface area contributed by atoms with E-state index in [4.69, 9.17) is 0 Å². The highest BCUT2D eigenvalue weighted by molar-refractivity contribution is 5.80. The van der Waals surface area contributed by atoms with Crippen molar-refractivity contribution in [2.24, 2.45) is 0 Å². The van der Waals surface area contributed by atoms with Gasteiger partial charge in [-0.05, 0) is 25.8 Å². The summed E-state index contributed by atoms with van der Waals surface area (Å²) in [5.41, 5.74) is 0. The zero-order chi connectivity index (χ0) is 12.8. The molecule has 1 fully saturated rings. The van der Waals surface area contributed by atoms with Gasteiger partial charge in [-0.25, -0.2) is 4.98 Å². The predicted molar refractivity (Wildman–Crippen MR) is 70.5 cm³/mol. The standard InChI is InChI=1S/C12H19N5O/c1-2-13-12-14-6-5-10(16-12)15-9-11(18)17-7-3-4-8-17/h5-6H,2-4,7-9H2,1H3,(H2,13,14,15,16). The van der Waals surface area contributed by atoms with Gasteiger partial charge in [-0.3, -0.25) is 4.79 Å². The minimum Gasteiger partial charge on any atom is -0.361 e. The van der Waals surface area contributed by atoms with E-state index in [1.807, 2.05) is 11.8 Å². The van der Waals surface area contributed by atoms with Crippen molar-refractivity contribution in [3.05, 3.63) is 12.3 Å². The van der Waals surface area contributed by atoms with Crippen LogP contribution < -0.4 is 10.6 Å². The molecule has 1 aliphatic heterocycles. The van der Waals surface area contributed by atoms with Crippen molar-refractivity contribution in [3.8, 4) is 0 Å². The zero-order valence-electron chi connectivity index (χ0n) is 10.6. The Kier molecular flexibility index (Phi) is 4.33. The van der Waals surface area contributed by atoms with Crippen LogP contribution in [-0.2, 0) is 4.79 Å². The summed E-state index contributed by atoms with van der Waals surface area (Å²) in [5.74, 6) is 1.39. The minimum absolute atomic E-state index is 0.135. The second kappa shape index (κ2) is 6.18. The summed E-state index contributed by atoms with van der Waals surface area (Å²) < 4.78 is 0. The molecule has 98 valence electrons. The molecule has 18 heavy (non-hydrogen) atoms. The van der Waals surface area contributed by atoms with E-state index in [-0.39, 0.29) is 5.91 Å². The topological polar surface area (TPSA) is 70.2 Å². The molecule has 0 spiro atoms. The van der Waals surface area contributed by atoms with E-state index in [0.29, 0.717) is 18.3 Å². The first kappa shape index (κ1) is 12.6. The Hall–Kier alpha value is -1.85. The van der Waals surface area contributed by atoms with Crippen molar-refractivity contribution in [3.63, 3.8) is 0 Å². The number of anilines is 2.